The molecule has 1 rings (SSSR count). The molecule has 90 valence electrons. The normalized spacial score (nSPS) is 13.1. The number of halogens is 1. The van der Waals surface area contributed by atoms with E-state index >= 15 is 0 Å². The lowest BCUT2D eigenvalue weighted by molar-refractivity contribution is 0.385. The minimum Gasteiger partial charge on any atom is -0.313 e. The third-order valence-corrected chi connectivity index (χ3v) is 3.63. The SMILES string of the molecule is CCC(CC)CC(NC)c1cncc(Br)c1. The maximum Gasteiger partial charge on any atom is 0.0410 e. The number of rotatable bonds is 6. The molecule has 0 saturated heterocycles. The molecule has 0 bridgehead atoms. The van der Waals surface area contributed by atoms with Crippen molar-refractivity contribution in [3.63, 3.8) is 0 Å². The predicted molar refractivity (Wildman–Crippen MR) is 72.4 cm³/mol. The number of aromatic nitrogens is 1. The van der Waals surface area contributed by atoms with Crippen LogP contribution in [0.3, 0.4) is 0 Å². The van der Waals surface area contributed by atoms with Gasteiger partial charge < -0.3 is 5.32 Å². The molecule has 0 aliphatic carbocycles. The van der Waals surface area contributed by atoms with E-state index in [2.05, 4.69) is 46.1 Å². The number of hydrogen-bond acceptors (Lipinski definition) is 2. The maximum atomic E-state index is 4.23. The van der Waals surface area contributed by atoms with Crippen LogP contribution in [0.5, 0.6) is 0 Å². The summed E-state index contributed by atoms with van der Waals surface area (Å²) >= 11 is 3.47. The predicted octanol–water partition coefficient (Wildman–Crippen LogP) is 3.93. The lowest BCUT2D eigenvalue weighted by Gasteiger charge is -2.21. The van der Waals surface area contributed by atoms with E-state index in [1.807, 2.05) is 19.4 Å². The molecule has 3 heteroatoms. The lowest BCUT2D eigenvalue weighted by atomic mass is 9.92. The van der Waals surface area contributed by atoms with Crippen molar-refractivity contribution in [2.45, 2.75) is 39.2 Å². The molecule has 1 aromatic rings. The Bertz CT molecular complexity index is 311. The number of nitrogens with one attached hydrogen (secondary N) is 1. The smallest absolute Gasteiger partial charge is 0.0410 e. The summed E-state index contributed by atoms with van der Waals surface area (Å²) in [4.78, 5) is 4.23. The molecule has 1 N–H and O–H groups in total. The highest BCUT2D eigenvalue weighted by Crippen LogP contribution is 2.25. The topological polar surface area (TPSA) is 24.9 Å². The highest BCUT2D eigenvalue weighted by atomic mass is 79.9. The van der Waals surface area contributed by atoms with Crippen LogP contribution in [-0.4, -0.2) is 12.0 Å². The van der Waals surface area contributed by atoms with E-state index in [0.717, 1.165) is 10.4 Å². The third-order valence-electron chi connectivity index (χ3n) is 3.20. The summed E-state index contributed by atoms with van der Waals surface area (Å²) in [5.74, 6) is 0.788. The van der Waals surface area contributed by atoms with E-state index in [0.29, 0.717) is 6.04 Å². The fourth-order valence-corrected chi connectivity index (χ4v) is 2.38. The van der Waals surface area contributed by atoms with Crippen molar-refractivity contribution in [2.24, 2.45) is 5.92 Å². The van der Waals surface area contributed by atoms with Gasteiger partial charge in [0.2, 0.25) is 0 Å². The van der Waals surface area contributed by atoms with Gasteiger partial charge in [-0.3, -0.25) is 4.98 Å². The van der Waals surface area contributed by atoms with Gasteiger partial charge >= 0.3 is 0 Å². The quantitative estimate of drug-likeness (QED) is 0.856. The molecule has 0 saturated carbocycles. The largest absolute Gasteiger partial charge is 0.313 e. The van der Waals surface area contributed by atoms with Gasteiger partial charge in [0.1, 0.15) is 0 Å². The first-order valence-corrected chi connectivity index (χ1v) is 6.78. The summed E-state index contributed by atoms with van der Waals surface area (Å²) in [6, 6.07) is 2.56. The van der Waals surface area contributed by atoms with Crippen molar-refractivity contribution in [3.05, 3.63) is 28.5 Å². The second-order valence-corrected chi connectivity index (χ2v) is 5.11. The van der Waals surface area contributed by atoms with Gasteiger partial charge in [-0.25, -0.2) is 0 Å². The van der Waals surface area contributed by atoms with Crippen LogP contribution < -0.4 is 5.32 Å². The van der Waals surface area contributed by atoms with Gasteiger partial charge in [0.15, 0.2) is 0 Å². The second kappa shape index (κ2) is 7.02. The van der Waals surface area contributed by atoms with Crippen LogP contribution in [0.2, 0.25) is 0 Å². The van der Waals surface area contributed by atoms with E-state index in [9.17, 15) is 0 Å². The van der Waals surface area contributed by atoms with Crippen LogP contribution in [0.1, 0.15) is 44.7 Å². The fraction of sp³-hybridized carbons (Fsp3) is 0.615. The Hall–Kier alpha value is -0.410. The molecule has 0 aliphatic heterocycles. The Morgan fingerprint density at radius 3 is 2.50 bits per heavy atom. The number of hydrogen-bond donors (Lipinski definition) is 1. The van der Waals surface area contributed by atoms with E-state index in [-0.39, 0.29) is 0 Å². The summed E-state index contributed by atoms with van der Waals surface area (Å²) in [5, 5.41) is 3.38. The van der Waals surface area contributed by atoms with Gasteiger partial charge in [-0.1, -0.05) is 26.7 Å². The average molecular weight is 285 g/mol. The zero-order valence-electron chi connectivity index (χ0n) is 10.3. The van der Waals surface area contributed by atoms with Crippen molar-refractivity contribution >= 4 is 15.9 Å². The Kier molecular flexibility index (Phi) is 5.99. The van der Waals surface area contributed by atoms with Crippen molar-refractivity contribution in [1.82, 2.24) is 10.3 Å². The maximum absolute atomic E-state index is 4.23. The van der Waals surface area contributed by atoms with Gasteiger partial charge in [-0.05, 0) is 46.9 Å². The van der Waals surface area contributed by atoms with Gasteiger partial charge in [-0.15, -0.1) is 0 Å². The van der Waals surface area contributed by atoms with Crippen molar-refractivity contribution in [3.8, 4) is 0 Å². The average Bonchev–Trinajstić information content (AvgIpc) is 2.31. The summed E-state index contributed by atoms with van der Waals surface area (Å²) in [6.45, 7) is 4.53. The molecule has 1 unspecified atom stereocenters. The Balaban J connectivity index is 2.74. The summed E-state index contributed by atoms with van der Waals surface area (Å²) in [6.07, 6.45) is 7.45. The highest BCUT2D eigenvalue weighted by molar-refractivity contribution is 9.10. The molecule has 1 atom stereocenters. The van der Waals surface area contributed by atoms with Crippen LogP contribution in [0, 0.1) is 5.92 Å². The van der Waals surface area contributed by atoms with E-state index < -0.39 is 0 Å². The molecular weight excluding hydrogens is 264 g/mol. The first kappa shape index (κ1) is 13.7. The van der Waals surface area contributed by atoms with Crippen molar-refractivity contribution in [2.75, 3.05) is 7.05 Å². The van der Waals surface area contributed by atoms with Crippen LogP contribution in [0.25, 0.3) is 0 Å². The molecule has 0 spiro atoms. The number of nitrogens with zero attached hydrogens (tertiary/aromatic N) is 1. The van der Waals surface area contributed by atoms with Crippen LogP contribution in [-0.2, 0) is 0 Å². The second-order valence-electron chi connectivity index (χ2n) is 4.20. The summed E-state index contributed by atoms with van der Waals surface area (Å²) in [7, 11) is 2.02. The molecular formula is C13H21BrN2. The molecule has 2 nitrogen and oxygen atoms in total. The van der Waals surface area contributed by atoms with Crippen molar-refractivity contribution in [1.29, 1.82) is 0 Å². The Morgan fingerprint density at radius 2 is 2.00 bits per heavy atom. The van der Waals surface area contributed by atoms with Crippen LogP contribution in [0.15, 0.2) is 22.9 Å². The first-order valence-electron chi connectivity index (χ1n) is 5.98. The molecule has 0 fully saturated rings. The minimum atomic E-state index is 0.412. The van der Waals surface area contributed by atoms with Crippen molar-refractivity contribution < 1.29 is 0 Å². The van der Waals surface area contributed by atoms with E-state index in [1.54, 1.807) is 0 Å². The zero-order valence-corrected chi connectivity index (χ0v) is 11.9. The molecule has 0 aliphatic rings. The number of pyridine rings is 1. The lowest BCUT2D eigenvalue weighted by Crippen LogP contribution is -2.19. The zero-order chi connectivity index (χ0) is 12.0. The third kappa shape index (κ3) is 3.87. The van der Waals surface area contributed by atoms with Gasteiger partial charge in [-0.2, -0.15) is 0 Å². The minimum absolute atomic E-state index is 0.412. The Morgan fingerprint density at radius 1 is 1.31 bits per heavy atom. The summed E-state index contributed by atoms with van der Waals surface area (Å²) in [5.41, 5.74) is 1.27. The molecule has 1 heterocycles. The van der Waals surface area contributed by atoms with E-state index in [1.165, 1.54) is 24.8 Å². The highest BCUT2D eigenvalue weighted by Gasteiger charge is 2.14. The van der Waals surface area contributed by atoms with Gasteiger partial charge in [0.25, 0.3) is 0 Å². The Labute approximate surface area is 107 Å². The molecule has 0 aromatic carbocycles. The monoisotopic (exact) mass is 284 g/mol. The van der Waals surface area contributed by atoms with Gasteiger partial charge in [0, 0.05) is 22.9 Å². The molecule has 16 heavy (non-hydrogen) atoms. The van der Waals surface area contributed by atoms with Crippen LogP contribution in [0.4, 0.5) is 0 Å². The van der Waals surface area contributed by atoms with E-state index in [4.69, 9.17) is 0 Å². The summed E-state index contributed by atoms with van der Waals surface area (Å²) < 4.78 is 1.05. The molecule has 0 amide bonds. The fourth-order valence-electron chi connectivity index (χ4n) is 1.99. The first-order chi connectivity index (χ1) is 7.71. The van der Waals surface area contributed by atoms with Crippen LogP contribution >= 0.6 is 15.9 Å². The molecule has 1 aromatic heterocycles. The molecule has 0 radical (unpaired) electrons. The van der Waals surface area contributed by atoms with Gasteiger partial charge in [0.05, 0.1) is 0 Å². The standard InChI is InChI=1S/C13H21BrN2/c1-4-10(5-2)6-13(15-3)11-7-12(14)9-16-8-11/h7-10,13,15H,4-6H2,1-3H3.